The molecule has 0 radical (unpaired) electrons. The molecule has 1 heterocycles. The number of rotatable bonds is 5. The normalized spacial score (nSPS) is 20.3. The van der Waals surface area contributed by atoms with Gasteiger partial charge in [0.15, 0.2) is 0 Å². The van der Waals surface area contributed by atoms with Gasteiger partial charge in [0.2, 0.25) is 5.91 Å². The van der Waals surface area contributed by atoms with E-state index in [4.69, 9.17) is 0 Å². The van der Waals surface area contributed by atoms with Gasteiger partial charge in [-0.25, -0.2) is 0 Å². The van der Waals surface area contributed by atoms with Gasteiger partial charge in [-0.05, 0) is 25.0 Å². The quantitative estimate of drug-likeness (QED) is 0.759. The zero-order valence-corrected chi connectivity index (χ0v) is 11.6. The molecular formula is C15H22N2O2. The molecule has 1 aliphatic heterocycles. The Balaban J connectivity index is 1.98. The van der Waals surface area contributed by atoms with Crippen LogP contribution in [0.5, 0.6) is 0 Å². The molecule has 0 aromatic heterocycles. The summed E-state index contributed by atoms with van der Waals surface area (Å²) in [6.45, 7) is 4.60. The van der Waals surface area contributed by atoms with E-state index in [2.05, 4.69) is 16.7 Å². The van der Waals surface area contributed by atoms with Crippen LogP contribution in [0.4, 0.5) is 5.69 Å². The number of aliphatic hydroxyl groups excluding tert-OH is 1. The lowest BCUT2D eigenvalue weighted by atomic mass is 9.95. The van der Waals surface area contributed by atoms with E-state index in [1.165, 1.54) is 5.56 Å². The van der Waals surface area contributed by atoms with Crippen molar-refractivity contribution in [3.05, 3.63) is 29.8 Å². The molecule has 0 fully saturated rings. The molecule has 3 N–H and O–H groups in total. The molecule has 1 aromatic rings. The first kappa shape index (κ1) is 13.9. The van der Waals surface area contributed by atoms with E-state index in [0.29, 0.717) is 6.42 Å². The lowest BCUT2D eigenvalue weighted by Crippen LogP contribution is -2.48. The second kappa shape index (κ2) is 5.61. The molecule has 4 heteroatoms. The first-order chi connectivity index (χ1) is 9.08. The molecule has 2 atom stereocenters. The van der Waals surface area contributed by atoms with E-state index in [1.54, 1.807) is 0 Å². The van der Waals surface area contributed by atoms with Crippen LogP contribution in [0.15, 0.2) is 24.3 Å². The minimum absolute atomic E-state index is 0.00176. The van der Waals surface area contributed by atoms with Crippen LogP contribution in [-0.4, -0.2) is 29.7 Å². The van der Waals surface area contributed by atoms with E-state index in [0.717, 1.165) is 18.7 Å². The fourth-order valence-corrected chi connectivity index (χ4v) is 2.39. The summed E-state index contributed by atoms with van der Waals surface area (Å²) in [7, 11) is 0. The maximum absolute atomic E-state index is 12.1. The predicted molar refractivity (Wildman–Crippen MR) is 76.2 cm³/mol. The summed E-state index contributed by atoms with van der Waals surface area (Å²) >= 11 is 0. The first-order valence-corrected chi connectivity index (χ1v) is 6.82. The van der Waals surface area contributed by atoms with Crippen LogP contribution in [0.3, 0.4) is 0 Å². The Morgan fingerprint density at radius 1 is 1.53 bits per heavy atom. The Morgan fingerprint density at radius 3 is 2.95 bits per heavy atom. The van der Waals surface area contributed by atoms with Gasteiger partial charge < -0.3 is 15.7 Å². The maximum atomic E-state index is 12.1. The second-order valence-corrected chi connectivity index (χ2v) is 5.49. The smallest absolute Gasteiger partial charge is 0.221 e. The Labute approximate surface area is 114 Å². The summed E-state index contributed by atoms with van der Waals surface area (Å²) in [6.07, 6.45) is 1.17. The Kier molecular flexibility index (Phi) is 4.10. The highest BCUT2D eigenvalue weighted by Crippen LogP contribution is 2.33. The van der Waals surface area contributed by atoms with Crippen LogP contribution in [0.25, 0.3) is 0 Å². The van der Waals surface area contributed by atoms with Gasteiger partial charge in [-0.1, -0.05) is 25.1 Å². The monoisotopic (exact) mass is 262 g/mol. The van der Waals surface area contributed by atoms with E-state index in [-0.39, 0.29) is 18.4 Å². The van der Waals surface area contributed by atoms with E-state index >= 15 is 0 Å². The number of anilines is 1. The molecule has 0 saturated carbocycles. The van der Waals surface area contributed by atoms with Crippen LogP contribution in [0.2, 0.25) is 0 Å². The third-order valence-corrected chi connectivity index (χ3v) is 3.94. The van der Waals surface area contributed by atoms with Gasteiger partial charge in [-0.15, -0.1) is 0 Å². The number of hydrogen-bond acceptors (Lipinski definition) is 3. The molecule has 0 saturated heterocycles. The molecule has 1 aromatic carbocycles. The van der Waals surface area contributed by atoms with Gasteiger partial charge in [-0.3, -0.25) is 4.79 Å². The van der Waals surface area contributed by atoms with Crippen molar-refractivity contribution in [1.29, 1.82) is 0 Å². The second-order valence-electron chi connectivity index (χ2n) is 5.49. The van der Waals surface area contributed by atoms with Gasteiger partial charge in [0.05, 0.1) is 12.1 Å². The number of aliphatic hydroxyl groups is 1. The molecular weight excluding hydrogens is 240 g/mol. The number of para-hydroxylation sites is 1. The molecule has 4 nitrogen and oxygen atoms in total. The van der Waals surface area contributed by atoms with E-state index < -0.39 is 5.54 Å². The molecule has 104 valence electrons. The SMILES string of the molecule is CCC(C)(CO)NC(=O)CC1CNc2ccccc21. The number of hydrogen-bond donors (Lipinski definition) is 3. The third-order valence-electron chi connectivity index (χ3n) is 3.94. The average molecular weight is 262 g/mol. The molecule has 0 spiro atoms. The van der Waals surface area contributed by atoms with Crippen molar-refractivity contribution >= 4 is 11.6 Å². The van der Waals surface area contributed by atoms with Crippen molar-refractivity contribution in [1.82, 2.24) is 5.32 Å². The van der Waals surface area contributed by atoms with Crippen molar-refractivity contribution < 1.29 is 9.90 Å². The summed E-state index contributed by atoms with van der Waals surface area (Å²) < 4.78 is 0. The Bertz CT molecular complexity index is 455. The average Bonchev–Trinajstić information content (AvgIpc) is 2.82. The highest BCUT2D eigenvalue weighted by molar-refractivity contribution is 5.78. The number of carbonyl (C=O) groups is 1. The summed E-state index contributed by atoms with van der Waals surface area (Å²) in [5.41, 5.74) is 1.82. The zero-order valence-electron chi connectivity index (χ0n) is 11.6. The molecule has 0 aliphatic carbocycles. The van der Waals surface area contributed by atoms with Gasteiger partial charge in [0.25, 0.3) is 0 Å². The third kappa shape index (κ3) is 3.07. The lowest BCUT2D eigenvalue weighted by Gasteiger charge is -2.27. The number of fused-ring (bicyclic) bond motifs is 1. The van der Waals surface area contributed by atoms with Crippen molar-refractivity contribution in [2.75, 3.05) is 18.5 Å². The van der Waals surface area contributed by atoms with Crippen molar-refractivity contribution in [2.24, 2.45) is 0 Å². The summed E-state index contributed by atoms with van der Waals surface area (Å²) in [5, 5.41) is 15.6. The molecule has 0 bridgehead atoms. The van der Waals surface area contributed by atoms with Gasteiger partial charge in [0, 0.05) is 24.6 Å². The van der Waals surface area contributed by atoms with Crippen LogP contribution in [-0.2, 0) is 4.79 Å². The summed E-state index contributed by atoms with van der Waals surface area (Å²) in [5.74, 6) is 0.220. The minimum Gasteiger partial charge on any atom is -0.394 e. The molecule has 1 amide bonds. The van der Waals surface area contributed by atoms with E-state index in [9.17, 15) is 9.90 Å². The number of carbonyl (C=O) groups excluding carboxylic acids is 1. The van der Waals surface area contributed by atoms with Gasteiger partial charge in [-0.2, -0.15) is 0 Å². The largest absolute Gasteiger partial charge is 0.394 e. The first-order valence-electron chi connectivity index (χ1n) is 6.82. The van der Waals surface area contributed by atoms with Gasteiger partial charge >= 0.3 is 0 Å². The lowest BCUT2D eigenvalue weighted by molar-refractivity contribution is -0.123. The van der Waals surface area contributed by atoms with Crippen LogP contribution in [0, 0.1) is 0 Å². The van der Waals surface area contributed by atoms with Crippen LogP contribution >= 0.6 is 0 Å². The van der Waals surface area contributed by atoms with E-state index in [1.807, 2.05) is 32.0 Å². The highest BCUT2D eigenvalue weighted by atomic mass is 16.3. The maximum Gasteiger partial charge on any atom is 0.221 e. The number of amides is 1. The number of nitrogens with one attached hydrogen (secondary N) is 2. The minimum atomic E-state index is -0.511. The topological polar surface area (TPSA) is 61.4 Å². The van der Waals surface area contributed by atoms with Gasteiger partial charge in [0.1, 0.15) is 0 Å². The van der Waals surface area contributed by atoms with Crippen molar-refractivity contribution in [3.8, 4) is 0 Å². The number of benzene rings is 1. The molecule has 2 unspecified atom stereocenters. The molecule has 2 rings (SSSR count). The standard InChI is InChI=1S/C15H22N2O2/c1-3-15(2,10-18)17-14(19)8-11-9-16-13-7-5-4-6-12(11)13/h4-7,11,16,18H,3,8-10H2,1-2H3,(H,17,19). The fraction of sp³-hybridized carbons (Fsp3) is 0.533. The highest BCUT2D eigenvalue weighted by Gasteiger charge is 2.28. The fourth-order valence-electron chi connectivity index (χ4n) is 2.39. The summed E-state index contributed by atoms with van der Waals surface area (Å²) in [6, 6.07) is 8.10. The molecule has 19 heavy (non-hydrogen) atoms. The predicted octanol–water partition coefficient (Wildman–Crippen LogP) is 1.86. The Morgan fingerprint density at radius 2 is 2.26 bits per heavy atom. The van der Waals surface area contributed by atoms with Crippen LogP contribution < -0.4 is 10.6 Å². The Hall–Kier alpha value is -1.55. The zero-order chi connectivity index (χ0) is 13.9. The van der Waals surface area contributed by atoms with Crippen molar-refractivity contribution in [2.45, 2.75) is 38.1 Å². The van der Waals surface area contributed by atoms with Crippen LogP contribution in [0.1, 0.15) is 38.2 Å². The summed E-state index contributed by atoms with van der Waals surface area (Å²) in [4.78, 5) is 12.1. The van der Waals surface area contributed by atoms with Crippen molar-refractivity contribution in [3.63, 3.8) is 0 Å². The molecule has 1 aliphatic rings.